The second-order valence-corrected chi connectivity index (χ2v) is 11.9. The van der Waals surface area contributed by atoms with Gasteiger partial charge in [0.1, 0.15) is 16.4 Å². The van der Waals surface area contributed by atoms with Crippen LogP contribution in [0.3, 0.4) is 0 Å². The molecule has 0 aromatic heterocycles. The van der Waals surface area contributed by atoms with Gasteiger partial charge in [0, 0.05) is 24.7 Å². The molecule has 10 heteroatoms. The Hall–Kier alpha value is -3.34. The number of aliphatic hydroxyl groups excluding tert-OH is 1. The predicted octanol–water partition coefficient (Wildman–Crippen LogP) is 4.58. The lowest BCUT2D eigenvalue weighted by molar-refractivity contribution is 0.00183. The van der Waals surface area contributed by atoms with E-state index in [0.29, 0.717) is 12.2 Å². The van der Waals surface area contributed by atoms with Gasteiger partial charge in [-0.2, -0.15) is 4.31 Å². The van der Waals surface area contributed by atoms with Gasteiger partial charge in [0.15, 0.2) is 0 Å². The first-order valence-electron chi connectivity index (χ1n) is 12.6. The lowest BCUT2D eigenvalue weighted by atomic mass is 9.94. The summed E-state index contributed by atoms with van der Waals surface area (Å²) in [4.78, 5) is 13.5. The SMILES string of the molecule is C=CCCOc1cc(OC)ccc1S(=O)(=O)N(CC=C)C[C@H](O)[C@H](Cc1ccccc1)N(C(=O)O)C(C)(C)C. The number of benzene rings is 2. The zero-order chi connectivity index (χ0) is 29.2. The van der Waals surface area contributed by atoms with E-state index in [1.165, 1.54) is 36.3 Å². The molecular weight excluding hydrogens is 520 g/mol. The van der Waals surface area contributed by atoms with E-state index < -0.39 is 33.8 Å². The van der Waals surface area contributed by atoms with Crippen molar-refractivity contribution in [3.63, 3.8) is 0 Å². The average Bonchev–Trinajstić information content (AvgIpc) is 2.87. The van der Waals surface area contributed by atoms with Crippen LogP contribution in [0.4, 0.5) is 4.79 Å². The van der Waals surface area contributed by atoms with Crippen LogP contribution in [0.15, 0.2) is 78.7 Å². The van der Waals surface area contributed by atoms with Gasteiger partial charge in [-0.15, -0.1) is 13.2 Å². The van der Waals surface area contributed by atoms with Crippen LogP contribution in [0.2, 0.25) is 0 Å². The molecule has 0 heterocycles. The fraction of sp³-hybridized carbons (Fsp3) is 0.414. The van der Waals surface area contributed by atoms with E-state index in [9.17, 15) is 23.4 Å². The second kappa shape index (κ2) is 14.2. The van der Waals surface area contributed by atoms with Gasteiger partial charge in [0.25, 0.3) is 0 Å². The number of ether oxygens (including phenoxy) is 2. The van der Waals surface area contributed by atoms with E-state index in [4.69, 9.17) is 9.47 Å². The van der Waals surface area contributed by atoms with Crippen LogP contribution in [-0.4, -0.2) is 78.4 Å². The molecule has 214 valence electrons. The van der Waals surface area contributed by atoms with E-state index in [-0.39, 0.29) is 36.8 Å². The summed E-state index contributed by atoms with van der Waals surface area (Å²) >= 11 is 0. The lowest BCUT2D eigenvalue weighted by Gasteiger charge is -2.42. The van der Waals surface area contributed by atoms with Crippen LogP contribution in [0.25, 0.3) is 0 Å². The smallest absolute Gasteiger partial charge is 0.408 e. The van der Waals surface area contributed by atoms with Crippen molar-refractivity contribution in [3.8, 4) is 11.5 Å². The van der Waals surface area contributed by atoms with Gasteiger partial charge in [0.2, 0.25) is 10.0 Å². The Kier molecular flexibility index (Phi) is 11.6. The molecule has 0 radical (unpaired) electrons. The first-order chi connectivity index (χ1) is 18.4. The summed E-state index contributed by atoms with van der Waals surface area (Å²) in [5.74, 6) is 0.519. The van der Waals surface area contributed by atoms with Crippen LogP contribution >= 0.6 is 0 Å². The zero-order valence-electron chi connectivity index (χ0n) is 23.1. The minimum absolute atomic E-state index is 0.0995. The number of carbonyl (C=O) groups is 1. The number of sulfonamides is 1. The molecule has 0 spiro atoms. The highest BCUT2D eigenvalue weighted by Crippen LogP contribution is 2.32. The summed E-state index contributed by atoms with van der Waals surface area (Å²) in [6, 6.07) is 12.6. The second-order valence-electron chi connectivity index (χ2n) is 10.00. The van der Waals surface area contributed by atoms with Crippen molar-refractivity contribution in [2.45, 2.75) is 56.2 Å². The van der Waals surface area contributed by atoms with E-state index >= 15 is 0 Å². The summed E-state index contributed by atoms with van der Waals surface area (Å²) in [7, 11) is -2.74. The average molecular weight is 561 g/mol. The van der Waals surface area contributed by atoms with Crippen LogP contribution in [0.5, 0.6) is 11.5 Å². The normalized spacial score (nSPS) is 13.4. The zero-order valence-corrected chi connectivity index (χ0v) is 23.9. The molecule has 2 aromatic rings. The molecule has 2 aromatic carbocycles. The summed E-state index contributed by atoms with van der Waals surface area (Å²) in [5, 5.41) is 21.6. The maximum Gasteiger partial charge on any atom is 0.408 e. The summed E-state index contributed by atoms with van der Waals surface area (Å²) in [6.07, 6.45) is 1.19. The molecule has 2 rings (SSSR count). The third-order valence-electron chi connectivity index (χ3n) is 6.06. The first-order valence-corrected chi connectivity index (χ1v) is 14.1. The topological polar surface area (TPSA) is 117 Å². The molecular formula is C29H40N2O7S. The Bertz CT molecular complexity index is 1210. The van der Waals surface area contributed by atoms with Crippen molar-refractivity contribution in [1.29, 1.82) is 0 Å². The Balaban J connectivity index is 2.51. The number of amides is 1. The molecule has 0 unspecified atom stereocenters. The van der Waals surface area contributed by atoms with Crippen LogP contribution in [-0.2, 0) is 16.4 Å². The molecule has 2 atom stereocenters. The molecule has 1 amide bonds. The molecule has 0 saturated carbocycles. The maximum atomic E-state index is 13.9. The van der Waals surface area contributed by atoms with Crippen molar-refractivity contribution in [2.75, 3.05) is 26.8 Å². The molecule has 39 heavy (non-hydrogen) atoms. The number of aliphatic hydroxyl groups is 1. The number of rotatable bonds is 15. The van der Waals surface area contributed by atoms with Crippen molar-refractivity contribution in [3.05, 3.63) is 79.4 Å². The van der Waals surface area contributed by atoms with E-state index in [1.54, 1.807) is 26.8 Å². The molecule has 0 fully saturated rings. The van der Waals surface area contributed by atoms with E-state index in [0.717, 1.165) is 9.87 Å². The fourth-order valence-corrected chi connectivity index (χ4v) is 5.80. The highest BCUT2D eigenvalue weighted by molar-refractivity contribution is 7.89. The molecule has 0 bridgehead atoms. The molecule has 0 saturated heterocycles. The summed E-state index contributed by atoms with van der Waals surface area (Å²) in [5.41, 5.74) is -0.0560. The fourth-order valence-electron chi connectivity index (χ4n) is 4.26. The number of methoxy groups -OCH3 is 1. The monoisotopic (exact) mass is 560 g/mol. The Morgan fingerprint density at radius 1 is 1.10 bits per heavy atom. The first kappa shape index (κ1) is 31.9. The van der Waals surface area contributed by atoms with Crippen LogP contribution in [0, 0.1) is 0 Å². The Morgan fingerprint density at radius 2 is 1.77 bits per heavy atom. The van der Waals surface area contributed by atoms with Crippen molar-refractivity contribution < 1.29 is 32.9 Å². The largest absolute Gasteiger partial charge is 0.497 e. The van der Waals surface area contributed by atoms with Gasteiger partial charge in [-0.05, 0) is 51.3 Å². The minimum atomic E-state index is -4.21. The lowest BCUT2D eigenvalue weighted by Crippen LogP contribution is -2.58. The van der Waals surface area contributed by atoms with E-state index in [1.807, 2.05) is 30.3 Å². The summed E-state index contributed by atoms with van der Waals surface area (Å²) < 4.78 is 39.8. The Labute approximate surface area is 232 Å². The van der Waals surface area contributed by atoms with Gasteiger partial charge in [-0.25, -0.2) is 13.2 Å². The standard InChI is InChI=1S/C29H40N2O7S/c1-7-9-18-38-26-20-23(37-6)15-16-27(26)39(35,36)30(17-8-2)21-25(32)24(19-22-13-11-10-12-14-22)31(28(33)34)29(3,4)5/h7-8,10-16,20,24-25,32H,1-2,9,17-19,21H2,3-6H3,(H,33,34)/t24-,25-/m0/s1. The minimum Gasteiger partial charge on any atom is -0.497 e. The van der Waals surface area contributed by atoms with Crippen LogP contribution < -0.4 is 9.47 Å². The summed E-state index contributed by atoms with van der Waals surface area (Å²) in [6.45, 7) is 12.3. The highest BCUT2D eigenvalue weighted by atomic mass is 32.2. The third kappa shape index (κ3) is 8.58. The number of hydrogen-bond acceptors (Lipinski definition) is 6. The number of nitrogens with zero attached hydrogens (tertiary/aromatic N) is 2. The maximum absolute atomic E-state index is 13.9. The molecule has 2 N–H and O–H groups in total. The van der Waals surface area contributed by atoms with E-state index in [2.05, 4.69) is 13.2 Å². The molecule has 0 aliphatic carbocycles. The van der Waals surface area contributed by atoms with Gasteiger partial charge in [0.05, 0.1) is 25.9 Å². The molecule has 9 nitrogen and oxygen atoms in total. The quantitative estimate of drug-likeness (QED) is 0.242. The highest BCUT2D eigenvalue weighted by Gasteiger charge is 2.39. The van der Waals surface area contributed by atoms with Gasteiger partial charge in [-0.3, -0.25) is 4.90 Å². The predicted molar refractivity (Wildman–Crippen MR) is 152 cm³/mol. The molecule has 0 aliphatic rings. The number of hydrogen-bond donors (Lipinski definition) is 2. The van der Waals surface area contributed by atoms with Gasteiger partial charge >= 0.3 is 6.09 Å². The molecule has 0 aliphatic heterocycles. The van der Waals surface area contributed by atoms with Crippen molar-refractivity contribution >= 4 is 16.1 Å². The van der Waals surface area contributed by atoms with Gasteiger partial charge in [-0.1, -0.05) is 42.5 Å². The van der Waals surface area contributed by atoms with Gasteiger partial charge < -0.3 is 19.7 Å². The number of carboxylic acid groups (broad SMARTS) is 1. The van der Waals surface area contributed by atoms with Crippen molar-refractivity contribution in [2.24, 2.45) is 0 Å². The Morgan fingerprint density at radius 3 is 2.31 bits per heavy atom. The van der Waals surface area contributed by atoms with Crippen molar-refractivity contribution in [1.82, 2.24) is 9.21 Å². The van der Waals surface area contributed by atoms with Crippen LogP contribution in [0.1, 0.15) is 32.8 Å². The third-order valence-corrected chi connectivity index (χ3v) is 7.93.